The van der Waals surface area contributed by atoms with Crippen LogP contribution in [0.1, 0.15) is 44.6 Å². The minimum atomic E-state index is -0.334. The monoisotopic (exact) mass is 332 g/mol. The first-order valence-corrected chi connectivity index (χ1v) is 8.49. The van der Waals surface area contributed by atoms with Gasteiger partial charge in [-0.2, -0.15) is 0 Å². The summed E-state index contributed by atoms with van der Waals surface area (Å²) < 4.78 is 11.5. The summed E-state index contributed by atoms with van der Waals surface area (Å²) in [5.41, 5.74) is 2.33. The third kappa shape index (κ3) is 3.61. The van der Waals surface area contributed by atoms with Crippen molar-refractivity contribution in [2.24, 2.45) is 0 Å². The predicted molar refractivity (Wildman–Crippen MR) is 93.3 cm³/mol. The summed E-state index contributed by atoms with van der Waals surface area (Å²) in [7, 11) is 0. The Balaban J connectivity index is 1.94. The van der Waals surface area contributed by atoms with Crippen LogP contribution in [0.3, 0.4) is 0 Å². The standard InChI is InChI=1S/C19H21ClO3/c1-12-10-19(21)23-18-11-14(8-9-15(12)18)22-17-7-5-3-4-6-16(17)13(2)20/h8-11,17H,3-7H2,1-2H3/b16-13+. The molecule has 0 N–H and O–H groups in total. The van der Waals surface area contributed by atoms with Crippen molar-refractivity contribution in [2.75, 3.05) is 0 Å². The van der Waals surface area contributed by atoms with Crippen LogP contribution in [-0.4, -0.2) is 6.10 Å². The maximum Gasteiger partial charge on any atom is 0.336 e. The lowest BCUT2D eigenvalue weighted by molar-refractivity contribution is 0.224. The topological polar surface area (TPSA) is 39.4 Å². The molecule has 0 radical (unpaired) electrons. The first kappa shape index (κ1) is 16.1. The second kappa shape index (κ2) is 6.79. The molecule has 1 aromatic heterocycles. The molecule has 1 heterocycles. The molecule has 0 aliphatic heterocycles. The van der Waals surface area contributed by atoms with Gasteiger partial charge in [0.05, 0.1) is 0 Å². The second-order valence-electron chi connectivity index (χ2n) is 6.17. The van der Waals surface area contributed by atoms with E-state index in [0.717, 1.165) is 41.7 Å². The summed E-state index contributed by atoms with van der Waals surface area (Å²) in [6.07, 6.45) is 5.46. The van der Waals surface area contributed by atoms with Gasteiger partial charge in [-0.05, 0) is 62.8 Å². The molecule has 0 amide bonds. The number of aryl methyl sites for hydroxylation is 1. The Kier molecular flexibility index (Phi) is 4.76. The molecule has 1 unspecified atom stereocenters. The van der Waals surface area contributed by atoms with Crippen molar-refractivity contribution in [3.63, 3.8) is 0 Å². The fraction of sp³-hybridized carbons (Fsp3) is 0.421. The molecule has 1 aliphatic rings. The Morgan fingerprint density at radius 3 is 2.87 bits per heavy atom. The largest absolute Gasteiger partial charge is 0.486 e. The van der Waals surface area contributed by atoms with Gasteiger partial charge in [-0.1, -0.05) is 18.0 Å². The van der Waals surface area contributed by atoms with E-state index in [1.165, 1.54) is 18.1 Å². The van der Waals surface area contributed by atoms with Crippen LogP contribution in [0.2, 0.25) is 0 Å². The van der Waals surface area contributed by atoms with Crippen molar-refractivity contribution in [1.82, 2.24) is 0 Å². The molecule has 3 rings (SSSR count). The van der Waals surface area contributed by atoms with Crippen LogP contribution in [0, 0.1) is 6.92 Å². The van der Waals surface area contributed by atoms with Crippen LogP contribution in [0.5, 0.6) is 5.75 Å². The van der Waals surface area contributed by atoms with Crippen LogP contribution in [0.15, 0.2) is 44.1 Å². The van der Waals surface area contributed by atoms with Crippen molar-refractivity contribution >= 4 is 22.6 Å². The van der Waals surface area contributed by atoms with Crippen LogP contribution in [0.4, 0.5) is 0 Å². The fourth-order valence-corrected chi connectivity index (χ4v) is 3.44. The second-order valence-corrected chi connectivity index (χ2v) is 6.74. The van der Waals surface area contributed by atoms with E-state index in [9.17, 15) is 4.79 Å². The highest BCUT2D eigenvalue weighted by Gasteiger charge is 2.21. The third-order valence-electron chi connectivity index (χ3n) is 4.44. The van der Waals surface area contributed by atoms with Gasteiger partial charge < -0.3 is 9.15 Å². The van der Waals surface area contributed by atoms with Crippen LogP contribution in [0.25, 0.3) is 11.0 Å². The maximum atomic E-state index is 11.6. The van der Waals surface area contributed by atoms with E-state index in [1.807, 2.05) is 26.0 Å². The number of rotatable bonds is 2. The predicted octanol–water partition coefficient (Wildman–Crippen LogP) is 5.33. The first-order chi connectivity index (χ1) is 11.0. The normalized spacial score (nSPS) is 21.1. The Hall–Kier alpha value is -1.74. The molecule has 4 heteroatoms. The number of halogens is 1. The molecule has 23 heavy (non-hydrogen) atoms. The summed E-state index contributed by atoms with van der Waals surface area (Å²) in [5.74, 6) is 0.716. The highest BCUT2D eigenvalue weighted by Crippen LogP contribution is 2.31. The highest BCUT2D eigenvalue weighted by atomic mass is 35.5. The molecular weight excluding hydrogens is 312 g/mol. The minimum Gasteiger partial charge on any atom is -0.486 e. The van der Waals surface area contributed by atoms with E-state index >= 15 is 0 Å². The maximum absolute atomic E-state index is 11.6. The molecule has 0 saturated heterocycles. The lowest BCUT2D eigenvalue weighted by Crippen LogP contribution is -2.19. The van der Waals surface area contributed by atoms with Gasteiger partial charge in [-0.15, -0.1) is 0 Å². The molecule has 1 atom stereocenters. The SMILES string of the molecule is C/C(Cl)=C1/CCCCCC1Oc1ccc2c(C)cc(=O)oc2c1. The van der Waals surface area contributed by atoms with Gasteiger partial charge in [-0.25, -0.2) is 4.79 Å². The van der Waals surface area contributed by atoms with Crippen LogP contribution >= 0.6 is 11.6 Å². The molecule has 1 fully saturated rings. The van der Waals surface area contributed by atoms with Crippen molar-refractivity contribution in [3.8, 4) is 5.75 Å². The summed E-state index contributed by atoms with van der Waals surface area (Å²) in [5, 5.41) is 1.77. The van der Waals surface area contributed by atoms with Gasteiger partial charge in [-0.3, -0.25) is 0 Å². The zero-order chi connectivity index (χ0) is 16.4. The van der Waals surface area contributed by atoms with Crippen LogP contribution in [-0.2, 0) is 0 Å². The van der Waals surface area contributed by atoms with E-state index in [1.54, 1.807) is 6.07 Å². The Labute approximate surface area is 140 Å². The summed E-state index contributed by atoms with van der Waals surface area (Å²) >= 11 is 6.27. The number of benzene rings is 1. The van der Waals surface area contributed by atoms with E-state index in [4.69, 9.17) is 20.8 Å². The van der Waals surface area contributed by atoms with Gasteiger partial charge in [0.25, 0.3) is 0 Å². The van der Waals surface area contributed by atoms with E-state index in [2.05, 4.69) is 0 Å². The Bertz CT molecular complexity index is 800. The molecule has 1 saturated carbocycles. The highest BCUT2D eigenvalue weighted by molar-refractivity contribution is 6.29. The number of ether oxygens (including phenoxy) is 1. The summed E-state index contributed by atoms with van der Waals surface area (Å²) in [6, 6.07) is 7.18. The average Bonchev–Trinajstić information content (AvgIpc) is 2.72. The van der Waals surface area contributed by atoms with E-state index in [0.29, 0.717) is 11.3 Å². The van der Waals surface area contributed by atoms with E-state index in [-0.39, 0.29) is 11.7 Å². The summed E-state index contributed by atoms with van der Waals surface area (Å²) in [6.45, 7) is 3.84. The Morgan fingerprint density at radius 1 is 1.26 bits per heavy atom. The molecule has 0 bridgehead atoms. The zero-order valence-electron chi connectivity index (χ0n) is 13.5. The van der Waals surface area contributed by atoms with Gasteiger partial charge >= 0.3 is 5.63 Å². The summed E-state index contributed by atoms with van der Waals surface area (Å²) in [4.78, 5) is 11.6. The quantitative estimate of drug-likeness (QED) is 0.551. The van der Waals surface area contributed by atoms with E-state index < -0.39 is 0 Å². The van der Waals surface area contributed by atoms with Gasteiger partial charge in [0.1, 0.15) is 17.4 Å². The molecule has 122 valence electrons. The average molecular weight is 333 g/mol. The number of hydrogen-bond donors (Lipinski definition) is 0. The number of fused-ring (bicyclic) bond motifs is 1. The number of hydrogen-bond acceptors (Lipinski definition) is 3. The number of allylic oxidation sites excluding steroid dienone is 1. The zero-order valence-corrected chi connectivity index (χ0v) is 14.3. The van der Waals surface area contributed by atoms with Gasteiger partial charge in [0.2, 0.25) is 0 Å². The third-order valence-corrected chi connectivity index (χ3v) is 4.69. The Morgan fingerprint density at radius 2 is 2.09 bits per heavy atom. The fourth-order valence-electron chi connectivity index (χ4n) is 3.22. The molecule has 2 aromatic rings. The van der Waals surface area contributed by atoms with Gasteiger partial charge in [0, 0.05) is 22.6 Å². The van der Waals surface area contributed by atoms with Crippen molar-refractivity contribution < 1.29 is 9.15 Å². The molecule has 1 aromatic carbocycles. The van der Waals surface area contributed by atoms with Gasteiger partial charge in [0.15, 0.2) is 0 Å². The minimum absolute atomic E-state index is 0.00369. The molecular formula is C19H21ClO3. The van der Waals surface area contributed by atoms with Crippen molar-refractivity contribution in [1.29, 1.82) is 0 Å². The lowest BCUT2D eigenvalue weighted by Gasteiger charge is -2.21. The smallest absolute Gasteiger partial charge is 0.336 e. The molecule has 1 aliphatic carbocycles. The molecule has 3 nitrogen and oxygen atoms in total. The van der Waals surface area contributed by atoms with Crippen LogP contribution < -0.4 is 10.4 Å². The lowest BCUT2D eigenvalue weighted by atomic mass is 10.0. The molecule has 0 spiro atoms. The van der Waals surface area contributed by atoms with Crippen molar-refractivity contribution in [2.45, 2.75) is 52.1 Å². The first-order valence-electron chi connectivity index (χ1n) is 8.11. The van der Waals surface area contributed by atoms with Crippen molar-refractivity contribution in [3.05, 3.63) is 50.9 Å².